The molecule has 1 aromatic heterocycles. The third-order valence-corrected chi connectivity index (χ3v) is 6.50. The van der Waals surface area contributed by atoms with Crippen LogP contribution in [-0.2, 0) is 17.9 Å². The van der Waals surface area contributed by atoms with Crippen LogP contribution in [0.5, 0.6) is 0 Å². The van der Waals surface area contributed by atoms with Crippen LogP contribution in [0, 0.1) is 0 Å². The minimum absolute atomic E-state index is 0.193. The van der Waals surface area contributed by atoms with Crippen LogP contribution in [0.4, 0.5) is 0 Å². The van der Waals surface area contributed by atoms with Gasteiger partial charge in [-0.25, -0.2) is 0 Å². The fourth-order valence-corrected chi connectivity index (χ4v) is 4.54. The van der Waals surface area contributed by atoms with Gasteiger partial charge >= 0.3 is 0 Å². The quantitative estimate of drug-likeness (QED) is 0.653. The van der Waals surface area contributed by atoms with Gasteiger partial charge in [0.15, 0.2) is 0 Å². The SMILES string of the molecule is CC(NC(=O)c1ccc(Br)s1)C(=O)NCc1ccc(CN2CCCCC2)cc1. The van der Waals surface area contributed by atoms with E-state index in [0.29, 0.717) is 11.4 Å². The number of rotatable bonds is 7. The van der Waals surface area contributed by atoms with Gasteiger partial charge in [0.05, 0.1) is 8.66 Å². The van der Waals surface area contributed by atoms with E-state index in [2.05, 4.69) is 55.7 Å². The molecule has 1 fully saturated rings. The lowest BCUT2D eigenvalue weighted by atomic mass is 10.1. The van der Waals surface area contributed by atoms with Crippen molar-refractivity contribution in [1.82, 2.24) is 15.5 Å². The molecule has 2 N–H and O–H groups in total. The average molecular weight is 464 g/mol. The number of halogens is 1. The second-order valence-electron chi connectivity index (χ2n) is 7.17. The maximum atomic E-state index is 12.3. The lowest BCUT2D eigenvalue weighted by Gasteiger charge is -2.26. The topological polar surface area (TPSA) is 61.4 Å². The van der Waals surface area contributed by atoms with Gasteiger partial charge in [-0.1, -0.05) is 30.7 Å². The number of nitrogens with zero attached hydrogens (tertiary/aromatic N) is 1. The number of hydrogen-bond donors (Lipinski definition) is 2. The second-order valence-corrected chi connectivity index (χ2v) is 9.63. The molecule has 150 valence electrons. The van der Waals surface area contributed by atoms with E-state index in [0.717, 1.165) is 15.9 Å². The molecule has 1 aliphatic heterocycles. The molecule has 5 nitrogen and oxygen atoms in total. The first kappa shape index (κ1) is 21.0. The molecule has 1 atom stereocenters. The molecule has 0 saturated carbocycles. The van der Waals surface area contributed by atoms with Crippen LogP contribution < -0.4 is 10.6 Å². The number of carbonyl (C=O) groups is 2. The fourth-order valence-electron chi connectivity index (χ4n) is 3.25. The summed E-state index contributed by atoms with van der Waals surface area (Å²) in [5, 5.41) is 5.62. The number of benzene rings is 1. The third kappa shape index (κ3) is 6.15. The molecule has 0 bridgehead atoms. The second kappa shape index (κ2) is 10.2. The van der Waals surface area contributed by atoms with E-state index >= 15 is 0 Å². The van der Waals surface area contributed by atoms with Crippen molar-refractivity contribution in [2.24, 2.45) is 0 Å². The van der Waals surface area contributed by atoms with Crippen molar-refractivity contribution in [3.63, 3.8) is 0 Å². The highest BCUT2D eigenvalue weighted by molar-refractivity contribution is 9.11. The van der Waals surface area contributed by atoms with Crippen molar-refractivity contribution in [3.05, 3.63) is 56.2 Å². The molecule has 0 spiro atoms. The molecule has 1 saturated heterocycles. The lowest BCUT2D eigenvalue weighted by molar-refractivity contribution is -0.122. The van der Waals surface area contributed by atoms with Crippen molar-refractivity contribution in [2.45, 2.75) is 45.3 Å². The molecule has 3 rings (SSSR count). The predicted molar refractivity (Wildman–Crippen MR) is 116 cm³/mol. The number of carbonyl (C=O) groups excluding carboxylic acids is 2. The van der Waals surface area contributed by atoms with Gasteiger partial charge in [-0.05, 0) is 72.0 Å². The Hall–Kier alpha value is -1.70. The van der Waals surface area contributed by atoms with E-state index in [-0.39, 0.29) is 11.8 Å². The van der Waals surface area contributed by atoms with Gasteiger partial charge in [-0.15, -0.1) is 11.3 Å². The van der Waals surface area contributed by atoms with Gasteiger partial charge in [0.25, 0.3) is 5.91 Å². The number of hydrogen-bond acceptors (Lipinski definition) is 4. The Balaban J connectivity index is 1.43. The van der Waals surface area contributed by atoms with Crippen LogP contribution >= 0.6 is 27.3 Å². The standard InChI is InChI=1S/C21H26BrN3O2S/c1-15(24-21(27)18-9-10-19(22)28-18)20(26)23-13-16-5-7-17(8-6-16)14-25-11-3-2-4-12-25/h5-10,15H,2-4,11-14H2,1H3,(H,23,26)(H,24,27). The number of likely N-dealkylation sites (tertiary alicyclic amines) is 1. The van der Waals surface area contributed by atoms with Gasteiger partial charge in [0, 0.05) is 13.1 Å². The molecule has 1 aliphatic rings. The van der Waals surface area contributed by atoms with Gasteiger partial charge in [-0.3, -0.25) is 14.5 Å². The Kier molecular flexibility index (Phi) is 7.65. The van der Waals surface area contributed by atoms with Crippen molar-refractivity contribution in [1.29, 1.82) is 0 Å². The van der Waals surface area contributed by atoms with Gasteiger partial charge in [0.1, 0.15) is 6.04 Å². The highest BCUT2D eigenvalue weighted by Crippen LogP contribution is 2.21. The molecule has 0 radical (unpaired) electrons. The highest BCUT2D eigenvalue weighted by Gasteiger charge is 2.17. The molecule has 1 aromatic carbocycles. The van der Waals surface area contributed by atoms with Crippen LogP contribution in [0.1, 0.15) is 47.0 Å². The zero-order valence-corrected chi connectivity index (χ0v) is 18.4. The van der Waals surface area contributed by atoms with Crippen molar-refractivity contribution in [3.8, 4) is 0 Å². The molecular weight excluding hydrogens is 438 g/mol. The fraction of sp³-hybridized carbons (Fsp3) is 0.429. The molecule has 7 heteroatoms. The zero-order chi connectivity index (χ0) is 19.9. The summed E-state index contributed by atoms with van der Waals surface area (Å²) in [6, 6.07) is 11.4. The van der Waals surface area contributed by atoms with Gasteiger partial charge in [0.2, 0.25) is 5.91 Å². The lowest BCUT2D eigenvalue weighted by Crippen LogP contribution is -2.44. The summed E-state index contributed by atoms with van der Waals surface area (Å²) in [6.45, 7) is 5.51. The number of thiophene rings is 1. The summed E-state index contributed by atoms with van der Waals surface area (Å²) in [6.07, 6.45) is 3.93. The maximum absolute atomic E-state index is 12.3. The van der Waals surface area contributed by atoms with Crippen LogP contribution in [-0.4, -0.2) is 35.8 Å². The Morgan fingerprint density at radius 1 is 1.07 bits per heavy atom. The number of amides is 2. The summed E-state index contributed by atoms with van der Waals surface area (Å²) in [5.41, 5.74) is 2.36. The summed E-state index contributed by atoms with van der Waals surface area (Å²) < 4.78 is 0.887. The van der Waals surface area contributed by atoms with Crippen LogP contribution in [0.15, 0.2) is 40.2 Å². The van der Waals surface area contributed by atoms with Crippen molar-refractivity contribution < 1.29 is 9.59 Å². The van der Waals surface area contributed by atoms with E-state index in [1.807, 2.05) is 6.07 Å². The summed E-state index contributed by atoms with van der Waals surface area (Å²) in [7, 11) is 0. The molecule has 2 aromatic rings. The highest BCUT2D eigenvalue weighted by atomic mass is 79.9. The Bertz CT molecular complexity index is 800. The Morgan fingerprint density at radius 2 is 1.75 bits per heavy atom. The first-order valence-electron chi connectivity index (χ1n) is 9.65. The number of piperidine rings is 1. The Morgan fingerprint density at radius 3 is 2.39 bits per heavy atom. The van der Waals surface area contributed by atoms with Crippen LogP contribution in [0.3, 0.4) is 0 Å². The first-order valence-corrected chi connectivity index (χ1v) is 11.3. The molecule has 1 unspecified atom stereocenters. The van der Waals surface area contributed by atoms with Gasteiger partial charge in [-0.2, -0.15) is 0 Å². The first-order chi connectivity index (χ1) is 13.5. The Labute approximate surface area is 178 Å². The molecule has 2 heterocycles. The average Bonchev–Trinajstić information content (AvgIpc) is 3.14. The van der Waals surface area contributed by atoms with E-state index in [1.165, 1.54) is 49.3 Å². The maximum Gasteiger partial charge on any atom is 0.262 e. The smallest absolute Gasteiger partial charge is 0.262 e. The number of nitrogens with one attached hydrogen (secondary N) is 2. The monoisotopic (exact) mass is 463 g/mol. The summed E-state index contributed by atoms with van der Waals surface area (Å²) in [5.74, 6) is -0.429. The van der Waals surface area contributed by atoms with E-state index in [1.54, 1.807) is 13.0 Å². The predicted octanol–water partition coefficient (Wildman–Crippen LogP) is 3.93. The van der Waals surface area contributed by atoms with Gasteiger partial charge < -0.3 is 10.6 Å². The van der Waals surface area contributed by atoms with E-state index in [9.17, 15) is 9.59 Å². The molecule has 0 aliphatic carbocycles. The minimum Gasteiger partial charge on any atom is -0.350 e. The van der Waals surface area contributed by atoms with Crippen molar-refractivity contribution >= 4 is 39.1 Å². The summed E-state index contributed by atoms with van der Waals surface area (Å²) in [4.78, 5) is 27.5. The molecular formula is C21H26BrN3O2S. The third-order valence-electron chi connectivity index (χ3n) is 4.88. The minimum atomic E-state index is -0.591. The molecule has 2 amide bonds. The normalized spacial score (nSPS) is 15.8. The molecule has 28 heavy (non-hydrogen) atoms. The van der Waals surface area contributed by atoms with Crippen LogP contribution in [0.2, 0.25) is 0 Å². The van der Waals surface area contributed by atoms with Crippen LogP contribution in [0.25, 0.3) is 0 Å². The zero-order valence-electron chi connectivity index (χ0n) is 16.0. The van der Waals surface area contributed by atoms with E-state index < -0.39 is 6.04 Å². The van der Waals surface area contributed by atoms with Crippen molar-refractivity contribution in [2.75, 3.05) is 13.1 Å². The van der Waals surface area contributed by atoms with E-state index in [4.69, 9.17) is 0 Å². The largest absolute Gasteiger partial charge is 0.350 e. The summed E-state index contributed by atoms with van der Waals surface area (Å²) >= 11 is 4.68.